The Labute approximate surface area is 183 Å². The molecular formula is C22H46O5P2. The molecule has 0 aliphatic heterocycles. The molecule has 0 spiro atoms. The summed E-state index contributed by atoms with van der Waals surface area (Å²) in [6, 6.07) is 0. The SMILES string of the molecule is CCCCO/C(=C/P(OCCCC)OCCCC)P(OCCCC)OCCCC. The number of rotatable bonds is 22. The summed E-state index contributed by atoms with van der Waals surface area (Å²) in [6.07, 6.45) is 10.6. The Morgan fingerprint density at radius 1 is 0.552 bits per heavy atom. The van der Waals surface area contributed by atoms with Gasteiger partial charge in [0, 0.05) is 5.82 Å². The van der Waals surface area contributed by atoms with Crippen molar-refractivity contribution in [2.45, 2.75) is 98.8 Å². The summed E-state index contributed by atoms with van der Waals surface area (Å²) in [4.78, 5) is 0. The third kappa shape index (κ3) is 17.6. The van der Waals surface area contributed by atoms with Crippen molar-refractivity contribution in [1.82, 2.24) is 0 Å². The van der Waals surface area contributed by atoms with Crippen LogP contribution in [-0.4, -0.2) is 33.0 Å². The first-order valence-corrected chi connectivity index (χ1v) is 14.1. The Morgan fingerprint density at radius 2 is 0.931 bits per heavy atom. The van der Waals surface area contributed by atoms with E-state index in [4.69, 9.17) is 22.8 Å². The molecule has 174 valence electrons. The zero-order chi connectivity index (χ0) is 21.6. The lowest BCUT2D eigenvalue weighted by Crippen LogP contribution is -2.03. The highest BCUT2D eigenvalue weighted by molar-refractivity contribution is 7.55. The van der Waals surface area contributed by atoms with Gasteiger partial charge < -0.3 is 22.8 Å². The van der Waals surface area contributed by atoms with Crippen LogP contribution in [0.1, 0.15) is 98.8 Å². The van der Waals surface area contributed by atoms with Crippen LogP contribution >= 0.6 is 16.8 Å². The second-order valence-electron chi connectivity index (χ2n) is 6.96. The van der Waals surface area contributed by atoms with Crippen LogP contribution in [0.4, 0.5) is 0 Å². The van der Waals surface area contributed by atoms with Gasteiger partial charge in [0.05, 0.1) is 33.0 Å². The fourth-order valence-electron chi connectivity index (χ4n) is 2.01. The molecule has 5 nitrogen and oxygen atoms in total. The molecule has 0 fully saturated rings. The van der Waals surface area contributed by atoms with Gasteiger partial charge in [0.1, 0.15) is 0 Å². The fraction of sp³-hybridized carbons (Fsp3) is 0.909. The minimum Gasteiger partial charge on any atom is -0.488 e. The summed E-state index contributed by atoms with van der Waals surface area (Å²) in [6.45, 7) is 14.3. The Balaban J connectivity index is 5.27. The Bertz CT molecular complexity index is 349. The molecule has 0 radical (unpaired) electrons. The largest absolute Gasteiger partial charge is 0.488 e. The van der Waals surface area contributed by atoms with Crippen molar-refractivity contribution in [1.29, 1.82) is 0 Å². The quantitative estimate of drug-likeness (QED) is 0.0936. The number of hydrogen-bond donors (Lipinski definition) is 0. The van der Waals surface area contributed by atoms with Crippen molar-refractivity contribution >= 4 is 16.8 Å². The normalized spacial score (nSPS) is 12.3. The van der Waals surface area contributed by atoms with Crippen molar-refractivity contribution in [3.8, 4) is 0 Å². The molecule has 0 unspecified atom stereocenters. The van der Waals surface area contributed by atoms with E-state index in [-0.39, 0.29) is 0 Å². The summed E-state index contributed by atoms with van der Waals surface area (Å²) >= 11 is 0. The first-order chi connectivity index (χ1) is 14.2. The number of unbranched alkanes of at least 4 members (excludes halogenated alkanes) is 5. The van der Waals surface area contributed by atoms with Crippen LogP contribution < -0.4 is 0 Å². The van der Waals surface area contributed by atoms with Crippen LogP contribution in [0, 0.1) is 0 Å². The molecule has 0 saturated heterocycles. The first kappa shape index (κ1) is 29.2. The van der Waals surface area contributed by atoms with Crippen molar-refractivity contribution < 1.29 is 22.8 Å². The Morgan fingerprint density at radius 3 is 1.34 bits per heavy atom. The maximum atomic E-state index is 6.15. The maximum absolute atomic E-state index is 6.15. The van der Waals surface area contributed by atoms with E-state index in [2.05, 4.69) is 34.6 Å². The predicted octanol–water partition coefficient (Wildman–Crippen LogP) is 8.49. The van der Waals surface area contributed by atoms with Crippen LogP contribution in [0.3, 0.4) is 0 Å². The average molecular weight is 453 g/mol. The molecule has 0 aliphatic rings. The van der Waals surface area contributed by atoms with Gasteiger partial charge in [-0.15, -0.1) is 0 Å². The predicted molar refractivity (Wildman–Crippen MR) is 126 cm³/mol. The van der Waals surface area contributed by atoms with E-state index < -0.39 is 16.8 Å². The van der Waals surface area contributed by atoms with Gasteiger partial charge in [-0.1, -0.05) is 66.7 Å². The summed E-state index contributed by atoms with van der Waals surface area (Å²) < 4.78 is 30.5. The first-order valence-electron chi connectivity index (χ1n) is 11.7. The molecule has 0 heterocycles. The molecule has 0 aromatic carbocycles. The lowest BCUT2D eigenvalue weighted by molar-refractivity contribution is 0.191. The molecule has 0 saturated carbocycles. The smallest absolute Gasteiger partial charge is 0.242 e. The topological polar surface area (TPSA) is 46.2 Å². The van der Waals surface area contributed by atoms with Crippen molar-refractivity contribution in [3.05, 3.63) is 11.3 Å². The number of ether oxygens (including phenoxy) is 1. The van der Waals surface area contributed by atoms with E-state index >= 15 is 0 Å². The molecule has 7 heteroatoms. The molecule has 0 bridgehead atoms. The van der Waals surface area contributed by atoms with E-state index in [1.54, 1.807) is 0 Å². The molecular weight excluding hydrogens is 406 g/mol. The average Bonchev–Trinajstić information content (AvgIpc) is 2.72. The monoisotopic (exact) mass is 452 g/mol. The second-order valence-corrected chi connectivity index (χ2v) is 9.78. The van der Waals surface area contributed by atoms with Gasteiger partial charge in [0.25, 0.3) is 0 Å². The highest BCUT2D eigenvalue weighted by Crippen LogP contribution is 2.53. The van der Waals surface area contributed by atoms with Crippen molar-refractivity contribution in [2.24, 2.45) is 0 Å². The summed E-state index contributed by atoms with van der Waals surface area (Å²) in [7, 11) is -2.38. The highest BCUT2D eigenvalue weighted by atomic mass is 31.2. The van der Waals surface area contributed by atoms with E-state index in [0.717, 1.165) is 69.7 Å². The molecule has 0 aliphatic carbocycles. The zero-order valence-electron chi connectivity index (χ0n) is 19.6. The maximum Gasteiger partial charge on any atom is 0.242 e. The summed E-state index contributed by atoms with van der Waals surface area (Å²) in [5.74, 6) is 2.01. The van der Waals surface area contributed by atoms with Gasteiger partial charge in [-0.2, -0.15) is 0 Å². The van der Waals surface area contributed by atoms with E-state index in [1.165, 1.54) is 0 Å². The summed E-state index contributed by atoms with van der Waals surface area (Å²) in [5.41, 5.74) is 0.778. The molecule has 29 heavy (non-hydrogen) atoms. The molecule has 0 amide bonds. The Kier molecular flexibility index (Phi) is 23.1. The van der Waals surface area contributed by atoms with Crippen LogP contribution in [-0.2, 0) is 22.8 Å². The minimum atomic E-state index is -1.24. The molecule has 0 atom stereocenters. The standard InChI is InChI=1S/C22H46O5P2/c1-6-11-16-23-22(29(26-19-14-9-4)27-20-15-10-5)21-28(24-17-12-7-2)25-18-13-8-3/h21H,6-20H2,1-5H3/b22-21-. The van der Waals surface area contributed by atoms with E-state index in [1.807, 2.05) is 5.82 Å². The third-order valence-corrected chi connectivity index (χ3v) is 6.96. The van der Waals surface area contributed by atoms with Crippen LogP contribution in [0.2, 0.25) is 0 Å². The van der Waals surface area contributed by atoms with E-state index in [0.29, 0.717) is 33.0 Å². The van der Waals surface area contributed by atoms with Crippen LogP contribution in [0.15, 0.2) is 11.3 Å². The highest BCUT2D eigenvalue weighted by Gasteiger charge is 2.22. The molecule has 0 N–H and O–H groups in total. The third-order valence-electron chi connectivity index (χ3n) is 3.99. The molecule has 0 rings (SSSR count). The van der Waals surface area contributed by atoms with Gasteiger partial charge in [-0.05, 0) is 32.1 Å². The van der Waals surface area contributed by atoms with Gasteiger partial charge >= 0.3 is 0 Å². The minimum absolute atomic E-state index is 0.669. The van der Waals surface area contributed by atoms with Crippen LogP contribution in [0.25, 0.3) is 0 Å². The molecule has 0 aromatic rings. The Hall–Kier alpha value is 0.240. The summed E-state index contributed by atoms with van der Waals surface area (Å²) in [5, 5.41) is 0. The van der Waals surface area contributed by atoms with Gasteiger partial charge in [-0.3, -0.25) is 0 Å². The van der Waals surface area contributed by atoms with Crippen molar-refractivity contribution in [2.75, 3.05) is 33.0 Å². The van der Waals surface area contributed by atoms with Crippen molar-refractivity contribution in [3.63, 3.8) is 0 Å². The van der Waals surface area contributed by atoms with Gasteiger partial charge in [0.2, 0.25) is 16.8 Å². The fourth-order valence-corrected chi connectivity index (χ4v) is 4.88. The van der Waals surface area contributed by atoms with Crippen LogP contribution in [0.5, 0.6) is 0 Å². The zero-order valence-corrected chi connectivity index (χ0v) is 21.4. The lowest BCUT2D eigenvalue weighted by Gasteiger charge is -2.22. The van der Waals surface area contributed by atoms with Gasteiger partial charge in [0.15, 0.2) is 5.50 Å². The molecule has 0 aromatic heterocycles. The second kappa shape index (κ2) is 22.9. The lowest BCUT2D eigenvalue weighted by atomic mass is 10.4. The van der Waals surface area contributed by atoms with Gasteiger partial charge in [-0.25, -0.2) is 0 Å². The van der Waals surface area contributed by atoms with E-state index in [9.17, 15) is 0 Å². The number of hydrogen-bond acceptors (Lipinski definition) is 5.